The summed E-state index contributed by atoms with van der Waals surface area (Å²) in [6.45, 7) is 1.08. The first-order valence-electron chi connectivity index (χ1n) is 5.17. The topological polar surface area (TPSA) is 20.3 Å². The van der Waals surface area contributed by atoms with Crippen molar-refractivity contribution in [1.29, 1.82) is 0 Å². The number of carbonyl (C=O) groups excluding carboxylic acids is 1. The van der Waals surface area contributed by atoms with E-state index in [0.717, 1.165) is 25.3 Å². The van der Waals surface area contributed by atoms with Gasteiger partial charge in [0.1, 0.15) is 0 Å². The molecule has 0 N–H and O–H groups in total. The first-order valence-corrected chi connectivity index (χ1v) is 5.17. The Labute approximate surface area is 72.9 Å². The minimum atomic E-state index is 0.437. The highest BCUT2D eigenvalue weighted by molar-refractivity contribution is 5.82. The van der Waals surface area contributed by atoms with E-state index < -0.39 is 0 Å². The Balaban J connectivity index is 1.67. The fourth-order valence-corrected chi connectivity index (χ4v) is 2.71. The van der Waals surface area contributed by atoms with Crippen molar-refractivity contribution in [2.45, 2.75) is 38.1 Å². The standard InChI is InChI=1S/C10H15NO/c12-10(7-4-5-7)11-6-8-2-1-3-9(8)11/h7-9H,1-6H2. The highest BCUT2D eigenvalue weighted by Gasteiger charge is 2.47. The van der Waals surface area contributed by atoms with Crippen LogP contribution in [0.25, 0.3) is 0 Å². The molecule has 12 heavy (non-hydrogen) atoms. The zero-order valence-electron chi connectivity index (χ0n) is 7.33. The van der Waals surface area contributed by atoms with Crippen molar-refractivity contribution in [2.75, 3.05) is 6.54 Å². The van der Waals surface area contributed by atoms with Gasteiger partial charge in [0.05, 0.1) is 0 Å². The number of hydrogen-bond donors (Lipinski definition) is 0. The summed E-state index contributed by atoms with van der Waals surface area (Å²) in [7, 11) is 0. The van der Waals surface area contributed by atoms with Gasteiger partial charge in [0, 0.05) is 18.5 Å². The largest absolute Gasteiger partial charge is 0.339 e. The monoisotopic (exact) mass is 165 g/mol. The molecule has 3 fully saturated rings. The highest BCUT2D eigenvalue weighted by atomic mass is 16.2. The van der Waals surface area contributed by atoms with Crippen molar-refractivity contribution >= 4 is 5.91 Å². The van der Waals surface area contributed by atoms with E-state index in [2.05, 4.69) is 4.90 Å². The number of fused-ring (bicyclic) bond motifs is 1. The number of rotatable bonds is 1. The van der Waals surface area contributed by atoms with E-state index in [1.165, 1.54) is 19.3 Å². The van der Waals surface area contributed by atoms with Crippen LogP contribution in [0.15, 0.2) is 0 Å². The summed E-state index contributed by atoms with van der Waals surface area (Å²) < 4.78 is 0. The summed E-state index contributed by atoms with van der Waals surface area (Å²) in [5, 5.41) is 0. The third-order valence-electron chi connectivity index (χ3n) is 3.66. The van der Waals surface area contributed by atoms with Gasteiger partial charge in [0.25, 0.3) is 0 Å². The molecule has 0 radical (unpaired) electrons. The van der Waals surface area contributed by atoms with Crippen molar-refractivity contribution in [2.24, 2.45) is 11.8 Å². The Hall–Kier alpha value is -0.530. The summed E-state index contributed by atoms with van der Waals surface area (Å²) in [5.41, 5.74) is 0. The number of nitrogens with zero attached hydrogens (tertiary/aromatic N) is 1. The van der Waals surface area contributed by atoms with Crippen LogP contribution in [-0.4, -0.2) is 23.4 Å². The maximum atomic E-state index is 11.7. The predicted molar refractivity (Wildman–Crippen MR) is 45.6 cm³/mol. The van der Waals surface area contributed by atoms with Gasteiger partial charge in [-0.1, -0.05) is 6.42 Å². The molecule has 1 saturated heterocycles. The molecule has 0 bridgehead atoms. The summed E-state index contributed by atoms with van der Waals surface area (Å²) in [5.74, 6) is 1.79. The van der Waals surface area contributed by atoms with E-state index in [1.54, 1.807) is 0 Å². The Morgan fingerprint density at radius 1 is 1.17 bits per heavy atom. The molecule has 2 saturated carbocycles. The van der Waals surface area contributed by atoms with Crippen LogP contribution >= 0.6 is 0 Å². The Morgan fingerprint density at radius 3 is 2.67 bits per heavy atom. The van der Waals surface area contributed by atoms with Crippen LogP contribution in [0.4, 0.5) is 0 Å². The van der Waals surface area contributed by atoms with Gasteiger partial charge in [-0.05, 0) is 31.6 Å². The molecule has 66 valence electrons. The zero-order valence-corrected chi connectivity index (χ0v) is 7.33. The molecular weight excluding hydrogens is 150 g/mol. The number of carbonyl (C=O) groups is 1. The lowest BCUT2D eigenvalue weighted by Gasteiger charge is -2.44. The second kappa shape index (κ2) is 2.24. The Bertz CT molecular complexity index is 222. The second-order valence-electron chi connectivity index (χ2n) is 4.52. The third-order valence-corrected chi connectivity index (χ3v) is 3.66. The fourth-order valence-electron chi connectivity index (χ4n) is 2.71. The predicted octanol–water partition coefficient (Wildman–Crippen LogP) is 1.41. The van der Waals surface area contributed by atoms with Gasteiger partial charge in [0.2, 0.25) is 5.91 Å². The normalized spacial score (nSPS) is 39.2. The van der Waals surface area contributed by atoms with Crippen molar-refractivity contribution in [3.05, 3.63) is 0 Å². The quantitative estimate of drug-likeness (QED) is 0.575. The van der Waals surface area contributed by atoms with E-state index in [0.29, 0.717) is 17.9 Å². The molecule has 0 aromatic heterocycles. The van der Waals surface area contributed by atoms with Crippen LogP contribution < -0.4 is 0 Å². The number of hydrogen-bond acceptors (Lipinski definition) is 1. The molecule has 1 heterocycles. The van der Waals surface area contributed by atoms with Gasteiger partial charge < -0.3 is 4.90 Å². The van der Waals surface area contributed by atoms with E-state index in [9.17, 15) is 4.79 Å². The molecule has 1 aliphatic heterocycles. The maximum absolute atomic E-state index is 11.7. The molecule has 0 spiro atoms. The van der Waals surface area contributed by atoms with Crippen LogP contribution in [0.2, 0.25) is 0 Å². The molecule has 0 aromatic rings. The van der Waals surface area contributed by atoms with E-state index in [4.69, 9.17) is 0 Å². The number of likely N-dealkylation sites (tertiary alicyclic amines) is 1. The Kier molecular flexibility index (Phi) is 1.29. The van der Waals surface area contributed by atoms with Gasteiger partial charge in [-0.2, -0.15) is 0 Å². The van der Waals surface area contributed by atoms with Gasteiger partial charge in [-0.3, -0.25) is 4.79 Å². The molecule has 2 aliphatic carbocycles. The first-order chi connectivity index (χ1) is 5.86. The van der Waals surface area contributed by atoms with Crippen LogP contribution in [-0.2, 0) is 4.79 Å². The van der Waals surface area contributed by atoms with Crippen LogP contribution in [0.5, 0.6) is 0 Å². The molecular formula is C10H15NO. The van der Waals surface area contributed by atoms with Gasteiger partial charge in [0.15, 0.2) is 0 Å². The minimum absolute atomic E-state index is 0.437. The molecule has 0 aromatic carbocycles. The van der Waals surface area contributed by atoms with E-state index in [1.807, 2.05) is 0 Å². The van der Waals surface area contributed by atoms with Gasteiger partial charge >= 0.3 is 0 Å². The van der Waals surface area contributed by atoms with Crippen molar-refractivity contribution in [3.8, 4) is 0 Å². The fraction of sp³-hybridized carbons (Fsp3) is 0.900. The lowest BCUT2D eigenvalue weighted by Crippen LogP contribution is -2.56. The summed E-state index contributed by atoms with van der Waals surface area (Å²) in [4.78, 5) is 13.8. The molecule has 3 aliphatic rings. The minimum Gasteiger partial charge on any atom is -0.339 e. The van der Waals surface area contributed by atoms with Gasteiger partial charge in [-0.15, -0.1) is 0 Å². The Morgan fingerprint density at radius 2 is 2.00 bits per heavy atom. The SMILES string of the molecule is O=C(C1CC1)N1CC2CCCC21. The first kappa shape index (κ1) is 6.93. The molecule has 3 rings (SSSR count). The average molecular weight is 165 g/mol. The number of amides is 1. The lowest BCUT2D eigenvalue weighted by atomic mass is 9.91. The molecule has 1 amide bonds. The molecule has 2 nitrogen and oxygen atoms in total. The maximum Gasteiger partial charge on any atom is 0.225 e. The molecule has 2 heteroatoms. The molecule has 2 unspecified atom stereocenters. The summed E-state index contributed by atoms with van der Waals surface area (Å²) in [6.07, 6.45) is 6.32. The van der Waals surface area contributed by atoms with E-state index >= 15 is 0 Å². The van der Waals surface area contributed by atoms with Crippen molar-refractivity contribution < 1.29 is 4.79 Å². The smallest absolute Gasteiger partial charge is 0.225 e. The molecule has 2 atom stereocenters. The van der Waals surface area contributed by atoms with Crippen LogP contribution in [0.1, 0.15) is 32.1 Å². The van der Waals surface area contributed by atoms with Crippen molar-refractivity contribution in [3.63, 3.8) is 0 Å². The summed E-state index contributed by atoms with van der Waals surface area (Å²) in [6, 6.07) is 0.665. The third kappa shape index (κ3) is 0.838. The van der Waals surface area contributed by atoms with Crippen LogP contribution in [0.3, 0.4) is 0 Å². The second-order valence-corrected chi connectivity index (χ2v) is 4.52. The average Bonchev–Trinajstić information content (AvgIpc) is 2.79. The van der Waals surface area contributed by atoms with E-state index in [-0.39, 0.29) is 0 Å². The van der Waals surface area contributed by atoms with Crippen molar-refractivity contribution in [1.82, 2.24) is 4.90 Å². The van der Waals surface area contributed by atoms with Crippen LogP contribution in [0, 0.1) is 11.8 Å². The summed E-state index contributed by atoms with van der Waals surface area (Å²) >= 11 is 0. The zero-order chi connectivity index (χ0) is 8.13. The van der Waals surface area contributed by atoms with Gasteiger partial charge in [-0.25, -0.2) is 0 Å². The highest BCUT2D eigenvalue weighted by Crippen LogP contribution is 2.42. The lowest BCUT2D eigenvalue weighted by molar-refractivity contribution is -0.143.